The molecule has 1 aromatic carbocycles. The van der Waals surface area contributed by atoms with E-state index in [2.05, 4.69) is 4.98 Å². The van der Waals surface area contributed by atoms with Crippen molar-refractivity contribution in [2.75, 3.05) is 18.0 Å². The van der Waals surface area contributed by atoms with Gasteiger partial charge in [-0.1, -0.05) is 0 Å². The first-order valence-corrected chi connectivity index (χ1v) is 11.4. The Morgan fingerprint density at radius 2 is 1.82 bits per heavy atom. The SMILES string of the molecule is Cc1cc(-c2c(F)cc(N3CCCC(C(F)(F)F)C3)cc2CC(C(N)=O)C2CC2)cc(C)n1. The number of hydrogen-bond donors (Lipinski definition) is 1. The molecule has 4 nitrogen and oxygen atoms in total. The molecule has 2 heterocycles. The predicted octanol–water partition coefficient (Wildman–Crippen LogP) is 5.34. The Balaban J connectivity index is 1.77. The molecular formula is C25H29F4N3O. The van der Waals surface area contributed by atoms with Crippen LogP contribution in [0.3, 0.4) is 0 Å². The lowest BCUT2D eigenvalue weighted by Crippen LogP contribution is -2.41. The second kappa shape index (κ2) is 8.95. The number of alkyl halides is 3. The van der Waals surface area contributed by atoms with Gasteiger partial charge in [-0.2, -0.15) is 13.2 Å². The van der Waals surface area contributed by atoms with Crippen LogP contribution in [0.1, 0.15) is 42.6 Å². The first-order valence-electron chi connectivity index (χ1n) is 11.4. The highest BCUT2D eigenvalue weighted by molar-refractivity contribution is 5.79. The van der Waals surface area contributed by atoms with E-state index in [1.807, 2.05) is 13.8 Å². The number of benzene rings is 1. The Hall–Kier alpha value is -2.64. The molecule has 8 heteroatoms. The first-order chi connectivity index (χ1) is 15.5. The lowest BCUT2D eigenvalue weighted by molar-refractivity contribution is -0.176. The van der Waals surface area contributed by atoms with E-state index in [1.54, 1.807) is 23.1 Å². The van der Waals surface area contributed by atoms with Gasteiger partial charge >= 0.3 is 6.18 Å². The second-order valence-corrected chi connectivity index (χ2v) is 9.48. The van der Waals surface area contributed by atoms with E-state index >= 15 is 4.39 Å². The third-order valence-corrected chi connectivity index (χ3v) is 6.77. The number of aromatic nitrogens is 1. The minimum absolute atomic E-state index is 0.0778. The van der Waals surface area contributed by atoms with Gasteiger partial charge in [-0.3, -0.25) is 9.78 Å². The van der Waals surface area contributed by atoms with Gasteiger partial charge < -0.3 is 10.6 Å². The van der Waals surface area contributed by atoms with Crippen LogP contribution in [0.4, 0.5) is 23.2 Å². The fourth-order valence-electron chi connectivity index (χ4n) is 5.01. The van der Waals surface area contributed by atoms with Gasteiger partial charge in [-0.25, -0.2) is 4.39 Å². The standard InChI is InChI=1S/C25H29F4N3O/c1-14-8-17(9-15(2)31-14)23-18(11-21(24(30)33)16-5-6-16)10-20(12-22(23)26)32-7-3-4-19(13-32)25(27,28)29/h8-10,12,16,19,21H,3-7,11,13H2,1-2H3,(H2,30,33). The minimum Gasteiger partial charge on any atom is -0.371 e. The molecule has 2 aromatic rings. The molecule has 1 aliphatic heterocycles. The van der Waals surface area contributed by atoms with Gasteiger partial charge in [0.15, 0.2) is 0 Å². The molecule has 33 heavy (non-hydrogen) atoms. The number of rotatable bonds is 6. The average molecular weight is 464 g/mol. The summed E-state index contributed by atoms with van der Waals surface area (Å²) in [6.07, 6.45) is -1.76. The van der Waals surface area contributed by atoms with Crippen molar-refractivity contribution >= 4 is 11.6 Å². The molecule has 0 spiro atoms. The van der Waals surface area contributed by atoms with Gasteiger partial charge in [0.25, 0.3) is 0 Å². The van der Waals surface area contributed by atoms with Gasteiger partial charge in [0, 0.05) is 41.6 Å². The number of aryl methyl sites for hydroxylation is 2. The highest BCUT2D eigenvalue weighted by atomic mass is 19.4. The minimum atomic E-state index is -4.28. The number of nitrogens with zero attached hydrogens (tertiary/aromatic N) is 2. The maximum atomic E-state index is 15.6. The molecule has 1 saturated carbocycles. The van der Waals surface area contributed by atoms with Crippen molar-refractivity contribution in [2.45, 2.75) is 52.1 Å². The summed E-state index contributed by atoms with van der Waals surface area (Å²) < 4.78 is 55.7. The van der Waals surface area contributed by atoms with Crippen molar-refractivity contribution in [3.05, 3.63) is 47.0 Å². The molecule has 2 N–H and O–H groups in total. The van der Waals surface area contributed by atoms with E-state index in [-0.39, 0.29) is 25.3 Å². The summed E-state index contributed by atoms with van der Waals surface area (Å²) in [7, 11) is 0. The molecule has 0 radical (unpaired) electrons. The van der Waals surface area contributed by atoms with E-state index in [0.717, 1.165) is 24.2 Å². The Kier molecular flexibility index (Phi) is 6.38. The zero-order chi connectivity index (χ0) is 23.9. The van der Waals surface area contributed by atoms with Crippen LogP contribution in [0.25, 0.3) is 11.1 Å². The number of hydrogen-bond acceptors (Lipinski definition) is 3. The topological polar surface area (TPSA) is 59.2 Å². The summed E-state index contributed by atoms with van der Waals surface area (Å²) in [6, 6.07) is 6.64. The summed E-state index contributed by atoms with van der Waals surface area (Å²) in [4.78, 5) is 18.1. The van der Waals surface area contributed by atoms with Crippen molar-refractivity contribution in [2.24, 2.45) is 23.5 Å². The van der Waals surface area contributed by atoms with Crippen LogP contribution in [0.2, 0.25) is 0 Å². The van der Waals surface area contributed by atoms with E-state index in [0.29, 0.717) is 35.3 Å². The Morgan fingerprint density at radius 3 is 2.39 bits per heavy atom. The van der Waals surface area contributed by atoms with Crippen LogP contribution in [0, 0.1) is 37.4 Å². The number of anilines is 1. The van der Waals surface area contributed by atoms with E-state index < -0.39 is 29.7 Å². The molecule has 4 rings (SSSR count). The highest BCUT2D eigenvalue weighted by Gasteiger charge is 2.42. The summed E-state index contributed by atoms with van der Waals surface area (Å²) in [6.45, 7) is 3.88. The molecule has 178 valence electrons. The number of pyridine rings is 1. The zero-order valence-electron chi connectivity index (χ0n) is 18.9. The molecule has 2 aliphatic rings. The lowest BCUT2D eigenvalue weighted by Gasteiger charge is -2.35. The summed E-state index contributed by atoms with van der Waals surface area (Å²) >= 11 is 0. The summed E-state index contributed by atoms with van der Waals surface area (Å²) in [5.41, 5.74) is 9.16. The summed E-state index contributed by atoms with van der Waals surface area (Å²) in [5, 5.41) is 0. The number of nitrogens with two attached hydrogens (primary N) is 1. The van der Waals surface area contributed by atoms with Crippen molar-refractivity contribution in [3.8, 4) is 11.1 Å². The molecule has 2 atom stereocenters. The molecule has 0 bridgehead atoms. The molecule has 1 aliphatic carbocycles. The third kappa shape index (κ3) is 5.31. The van der Waals surface area contributed by atoms with Crippen LogP contribution < -0.4 is 10.6 Å². The van der Waals surface area contributed by atoms with E-state index in [1.165, 1.54) is 6.07 Å². The fourth-order valence-corrected chi connectivity index (χ4v) is 5.01. The van der Waals surface area contributed by atoms with E-state index in [9.17, 15) is 18.0 Å². The Bertz CT molecular complexity index is 1030. The third-order valence-electron chi connectivity index (χ3n) is 6.77. The number of carbonyl (C=O) groups excluding carboxylic acids is 1. The number of carbonyl (C=O) groups is 1. The smallest absolute Gasteiger partial charge is 0.371 e. The van der Waals surface area contributed by atoms with Gasteiger partial charge in [0.1, 0.15) is 5.82 Å². The number of primary amides is 1. The zero-order valence-corrected chi connectivity index (χ0v) is 18.9. The number of piperidine rings is 1. The quantitative estimate of drug-likeness (QED) is 0.589. The number of amides is 1. The van der Waals surface area contributed by atoms with Crippen molar-refractivity contribution in [1.82, 2.24) is 4.98 Å². The molecule has 1 aromatic heterocycles. The number of halogens is 4. The first kappa shape index (κ1) is 23.5. The van der Waals surface area contributed by atoms with Crippen LogP contribution in [-0.2, 0) is 11.2 Å². The highest BCUT2D eigenvalue weighted by Crippen LogP contribution is 2.42. The van der Waals surface area contributed by atoms with Gasteiger partial charge in [-0.15, -0.1) is 0 Å². The molecule has 2 fully saturated rings. The van der Waals surface area contributed by atoms with Crippen molar-refractivity contribution in [1.29, 1.82) is 0 Å². The second-order valence-electron chi connectivity index (χ2n) is 9.48. The maximum absolute atomic E-state index is 15.6. The molecule has 1 amide bonds. The average Bonchev–Trinajstić information content (AvgIpc) is 3.55. The Morgan fingerprint density at radius 1 is 1.15 bits per heavy atom. The molecule has 2 unspecified atom stereocenters. The fraction of sp³-hybridized carbons (Fsp3) is 0.520. The predicted molar refractivity (Wildman–Crippen MR) is 119 cm³/mol. The van der Waals surface area contributed by atoms with Crippen LogP contribution in [-0.4, -0.2) is 30.2 Å². The van der Waals surface area contributed by atoms with E-state index in [4.69, 9.17) is 5.73 Å². The van der Waals surface area contributed by atoms with Crippen LogP contribution in [0.5, 0.6) is 0 Å². The van der Waals surface area contributed by atoms with Gasteiger partial charge in [0.05, 0.1) is 5.92 Å². The van der Waals surface area contributed by atoms with Gasteiger partial charge in [-0.05, 0) is 87.3 Å². The monoisotopic (exact) mass is 463 g/mol. The van der Waals surface area contributed by atoms with Gasteiger partial charge in [0.2, 0.25) is 5.91 Å². The molecular weight excluding hydrogens is 434 g/mol. The van der Waals surface area contributed by atoms with Crippen molar-refractivity contribution < 1.29 is 22.4 Å². The van der Waals surface area contributed by atoms with Crippen LogP contribution >= 0.6 is 0 Å². The largest absolute Gasteiger partial charge is 0.393 e. The molecule has 1 saturated heterocycles. The summed E-state index contributed by atoms with van der Waals surface area (Å²) in [5.74, 6) is -2.63. The lowest BCUT2D eigenvalue weighted by atomic mass is 9.88. The maximum Gasteiger partial charge on any atom is 0.393 e. The van der Waals surface area contributed by atoms with Crippen molar-refractivity contribution in [3.63, 3.8) is 0 Å². The normalized spacial score (nSPS) is 20.1. The van der Waals surface area contributed by atoms with Crippen LogP contribution in [0.15, 0.2) is 24.3 Å². The Labute approximate surface area is 191 Å².